The van der Waals surface area contributed by atoms with Crippen LogP contribution in [-0.4, -0.2) is 24.5 Å². The van der Waals surface area contributed by atoms with Crippen LogP contribution in [0.3, 0.4) is 0 Å². The highest BCUT2D eigenvalue weighted by molar-refractivity contribution is 8.00. The molecule has 4 rings (SSSR count). The minimum Gasteiger partial charge on any atom is -0.296 e. The maximum atomic E-state index is 12.4. The van der Waals surface area contributed by atoms with E-state index in [9.17, 15) is 13.2 Å². The minimum absolute atomic E-state index is 0.230. The van der Waals surface area contributed by atoms with Gasteiger partial charge in [-0.3, -0.25) is 14.8 Å². The topological polar surface area (TPSA) is 101 Å². The molecule has 0 saturated carbocycles. The van der Waals surface area contributed by atoms with Gasteiger partial charge in [-0.2, -0.15) is 0 Å². The normalized spacial score (nSPS) is 11.3. The quantitative estimate of drug-likeness (QED) is 0.264. The molecule has 1 aromatic carbocycles. The number of amides is 1. The van der Waals surface area contributed by atoms with Gasteiger partial charge in [0.25, 0.3) is 15.9 Å². The SMILES string of the molecule is O=C(Nc1nnc(SCc2cccs2)s1)c1ccc(NS(=O)(=O)c2cccs2)cc1. The third kappa shape index (κ3) is 5.26. The lowest BCUT2D eigenvalue weighted by Crippen LogP contribution is -2.13. The first-order valence-corrected chi connectivity index (χ1v) is 13.5. The van der Waals surface area contributed by atoms with Crippen LogP contribution < -0.4 is 10.0 Å². The van der Waals surface area contributed by atoms with Gasteiger partial charge in [0, 0.05) is 21.9 Å². The van der Waals surface area contributed by atoms with E-state index < -0.39 is 10.0 Å². The number of carbonyl (C=O) groups excluding carboxylic acids is 1. The maximum Gasteiger partial charge on any atom is 0.271 e. The molecule has 0 saturated heterocycles. The number of nitrogens with one attached hydrogen (secondary N) is 2. The Hall–Kier alpha value is -2.25. The second kappa shape index (κ2) is 9.27. The van der Waals surface area contributed by atoms with Gasteiger partial charge >= 0.3 is 0 Å². The first kappa shape index (κ1) is 21.0. The second-order valence-corrected chi connectivity index (χ2v) is 11.9. The fourth-order valence-corrected chi connectivity index (χ4v) is 6.90. The zero-order valence-corrected chi connectivity index (χ0v) is 19.2. The summed E-state index contributed by atoms with van der Waals surface area (Å²) in [6.45, 7) is 0. The molecular weight excluding hydrogens is 481 g/mol. The second-order valence-electron chi connectivity index (χ2n) is 5.81. The van der Waals surface area contributed by atoms with Gasteiger partial charge in [0.2, 0.25) is 5.13 Å². The molecule has 0 unspecified atom stereocenters. The molecule has 30 heavy (non-hydrogen) atoms. The Labute approximate surface area is 189 Å². The molecule has 7 nitrogen and oxygen atoms in total. The summed E-state index contributed by atoms with van der Waals surface area (Å²) in [6.07, 6.45) is 0. The van der Waals surface area contributed by atoms with Gasteiger partial charge in [0.15, 0.2) is 4.34 Å². The lowest BCUT2D eigenvalue weighted by molar-refractivity contribution is 0.102. The number of rotatable bonds is 8. The number of thioether (sulfide) groups is 1. The van der Waals surface area contributed by atoms with Crippen molar-refractivity contribution < 1.29 is 13.2 Å². The van der Waals surface area contributed by atoms with Crippen LogP contribution >= 0.6 is 45.8 Å². The molecule has 3 heterocycles. The largest absolute Gasteiger partial charge is 0.296 e. The third-order valence-electron chi connectivity index (χ3n) is 3.70. The van der Waals surface area contributed by atoms with Gasteiger partial charge in [-0.25, -0.2) is 8.42 Å². The molecule has 2 N–H and O–H groups in total. The van der Waals surface area contributed by atoms with E-state index in [1.54, 1.807) is 58.8 Å². The van der Waals surface area contributed by atoms with Gasteiger partial charge in [0.05, 0.1) is 0 Å². The maximum absolute atomic E-state index is 12.4. The molecule has 154 valence electrons. The monoisotopic (exact) mass is 494 g/mol. The van der Waals surface area contributed by atoms with Crippen LogP contribution in [0.25, 0.3) is 0 Å². The predicted octanol–water partition coefficient (Wildman–Crippen LogP) is 5.01. The Balaban J connectivity index is 1.35. The van der Waals surface area contributed by atoms with Crippen LogP contribution in [0.15, 0.2) is 67.8 Å². The number of aromatic nitrogens is 2. The molecule has 0 aliphatic carbocycles. The highest BCUT2D eigenvalue weighted by Crippen LogP contribution is 2.29. The number of nitrogens with zero attached hydrogens (tertiary/aromatic N) is 2. The van der Waals surface area contributed by atoms with Gasteiger partial charge in [0.1, 0.15) is 4.21 Å². The van der Waals surface area contributed by atoms with Crippen LogP contribution in [0.4, 0.5) is 10.8 Å². The average Bonchev–Trinajstić information content (AvgIpc) is 3.49. The molecule has 1 amide bonds. The fraction of sp³-hybridized carbons (Fsp3) is 0.0556. The van der Waals surface area contributed by atoms with Crippen molar-refractivity contribution in [3.05, 3.63) is 69.7 Å². The van der Waals surface area contributed by atoms with Crippen molar-refractivity contribution in [2.45, 2.75) is 14.3 Å². The number of anilines is 2. The zero-order valence-electron chi connectivity index (χ0n) is 15.1. The molecule has 0 fully saturated rings. The van der Waals surface area contributed by atoms with E-state index in [0.29, 0.717) is 16.4 Å². The molecular formula is C18H14N4O3S5. The Morgan fingerprint density at radius 3 is 2.47 bits per heavy atom. The Morgan fingerprint density at radius 2 is 1.77 bits per heavy atom. The number of hydrogen-bond acceptors (Lipinski definition) is 9. The molecule has 0 radical (unpaired) electrons. The van der Waals surface area contributed by atoms with Crippen molar-refractivity contribution >= 4 is 72.5 Å². The molecule has 0 bridgehead atoms. The smallest absolute Gasteiger partial charge is 0.271 e. The number of hydrogen-bond donors (Lipinski definition) is 2. The van der Waals surface area contributed by atoms with Crippen molar-refractivity contribution in [1.82, 2.24) is 10.2 Å². The van der Waals surface area contributed by atoms with Gasteiger partial charge in [-0.1, -0.05) is 35.2 Å². The summed E-state index contributed by atoms with van der Waals surface area (Å²) in [6, 6.07) is 13.5. The zero-order chi connectivity index (χ0) is 21.0. The van der Waals surface area contributed by atoms with Gasteiger partial charge < -0.3 is 0 Å². The minimum atomic E-state index is -3.62. The summed E-state index contributed by atoms with van der Waals surface area (Å²) >= 11 is 5.70. The van der Waals surface area contributed by atoms with Crippen molar-refractivity contribution in [2.24, 2.45) is 0 Å². The van der Waals surface area contributed by atoms with Crippen molar-refractivity contribution in [2.75, 3.05) is 10.0 Å². The Morgan fingerprint density at radius 1 is 1.00 bits per heavy atom. The molecule has 0 aliphatic heterocycles. The lowest BCUT2D eigenvalue weighted by atomic mass is 10.2. The van der Waals surface area contributed by atoms with Crippen molar-refractivity contribution in [3.8, 4) is 0 Å². The molecule has 0 atom stereocenters. The molecule has 3 aromatic heterocycles. The summed E-state index contributed by atoms with van der Waals surface area (Å²) in [5.41, 5.74) is 0.764. The number of sulfonamides is 1. The Kier molecular flexibility index (Phi) is 6.49. The number of benzene rings is 1. The van der Waals surface area contributed by atoms with Crippen LogP contribution in [0, 0.1) is 0 Å². The highest BCUT2D eigenvalue weighted by Gasteiger charge is 2.16. The predicted molar refractivity (Wildman–Crippen MR) is 123 cm³/mol. The van der Waals surface area contributed by atoms with E-state index >= 15 is 0 Å². The van der Waals surface area contributed by atoms with E-state index in [0.717, 1.165) is 21.4 Å². The lowest BCUT2D eigenvalue weighted by Gasteiger charge is -2.07. The standard InChI is InChI=1S/C18H14N4O3S5/c23-16(19-17-20-21-18(29-17)28-11-14-3-1-9-26-14)12-5-7-13(8-6-12)22-30(24,25)15-4-2-10-27-15/h1-10,22H,11H2,(H,19,20,23). The van der Waals surface area contributed by atoms with Gasteiger partial charge in [-0.05, 0) is 47.2 Å². The fourth-order valence-electron chi connectivity index (χ4n) is 2.33. The van der Waals surface area contributed by atoms with Crippen LogP contribution in [0.1, 0.15) is 15.2 Å². The van der Waals surface area contributed by atoms with Crippen LogP contribution in [-0.2, 0) is 15.8 Å². The van der Waals surface area contributed by atoms with Crippen molar-refractivity contribution in [1.29, 1.82) is 0 Å². The molecule has 0 spiro atoms. The molecule has 12 heteroatoms. The van der Waals surface area contributed by atoms with Crippen molar-refractivity contribution in [3.63, 3.8) is 0 Å². The van der Waals surface area contributed by atoms with Crippen LogP contribution in [0.2, 0.25) is 0 Å². The van der Waals surface area contributed by atoms with E-state index in [1.165, 1.54) is 22.3 Å². The molecule has 4 aromatic rings. The van der Waals surface area contributed by atoms with E-state index in [4.69, 9.17) is 0 Å². The van der Waals surface area contributed by atoms with E-state index in [1.807, 2.05) is 11.4 Å². The summed E-state index contributed by atoms with van der Waals surface area (Å²) in [7, 11) is -3.62. The van der Waals surface area contributed by atoms with E-state index in [2.05, 4.69) is 26.3 Å². The Bertz CT molecular complexity index is 1220. The first-order valence-electron chi connectivity index (χ1n) is 8.46. The van der Waals surface area contributed by atoms with Crippen LogP contribution in [0.5, 0.6) is 0 Å². The summed E-state index contributed by atoms with van der Waals surface area (Å²) < 4.78 is 28.0. The molecule has 0 aliphatic rings. The van der Waals surface area contributed by atoms with E-state index in [-0.39, 0.29) is 10.1 Å². The highest BCUT2D eigenvalue weighted by atomic mass is 32.2. The number of thiophene rings is 2. The number of carbonyl (C=O) groups is 1. The van der Waals surface area contributed by atoms with Gasteiger partial charge in [-0.15, -0.1) is 32.9 Å². The third-order valence-corrected chi connectivity index (χ3v) is 9.56. The summed E-state index contributed by atoms with van der Waals surface area (Å²) in [4.78, 5) is 13.7. The summed E-state index contributed by atoms with van der Waals surface area (Å²) in [5, 5.41) is 14.9. The average molecular weight is 495 g/mol. The first-order chi connectivity index (χ1) is 14.5. The summed E-state index contributed by atoms with van der Waals surface area (Å²) in [5.74, 6) is 0.469.